The van der Waals surface area contributed by atoms with Crippen molar-refractivity contribution >= 4 is 23.2 Å². The molecule has 1 fully saturated rings. The molecule has 1 heterocycles. The number of hydrogen-bond acceptors (Lipinski definition) is 5. The SMILES string of the molecule is CN(C)c1ccc(Nc2ncc(C(=O)NC3CCCCC3)cn2)cc1. The van der Waals surface area contributed by atoms with Crippen LogP contribution in [0.5, 0.6) is 0 Å². The van der Waals surface area contributed by atoms with Crippen LogP contribution in [-0.2, 0) is 0 Å². The van der Waals surface area contributed by atoms with Crippen molar-refractivity contribution < 1.29 is 4.79 Å². The van der Waals surface area contributed by atoms with Gasteiger partial charge >= 0.3 is 0 Å². The minimum Gasteiger partial charge on any atom is -0.378 e. The number of anilines is 3. The molecule has 3 rings (SSSR count). The van der Waals surface area contributed by atoms with Gasteiger partial charge in [-0.15, -0.1) is 0 Å². The number of carbonyl (C=O) groups is 1. The van der Waals surface area contributed by atoms with Crippen molar-refractivity contribution in [3.63, 3.8) is 0 Å². The molecule has 132 valence electrons. The largest absolute Gasteiger partial charge is 0.378 e. The summed E-state index contributed by atoms with van der Waals surface area (Å²) in [5.41, 5.74) is 2.53. The van der Waals surface area contributed by atoms with Crippen LogP contribution in [0, 0.1) is 0 Å². The lowest BCUT2D eigenvalue weighted by Gasteiger charge is -2.22. The molecule has 1 aromatic heterocycles. The van der Waals surface area contributed by atoms with Crippen LogP contribution in [-0.4, -0.2) is 36.0 Å². The first-order valence-electron chi connectivity index (χ1n) is 8.79. The van der Waals surface area contributed by atoms with Gasteiger partial charge < -0.3 is 15.5 Å². The van der Waals surface area contributed by atoms with Crippen LogP contribution in [0.2, 0.25) is 0 Å². The lowest BCUT2D eigenvalue weighted by molar-refractivity contribution is 0.0927. The van der Waals surface area contributed by atoms with Gasteiger partial charge in [0.25, 0.3) is 5.91 Å². The Balaban J connectivity index is 1.58. The fourth-order valence-corrected chi connectivity index (χ4v) is 3.00. The number of nitrogens with one attached hydrogen (secondary N) is 2. The normalized spacial score (nSPS) is 14.8. The predicted octanol–water partition coefficient (Wildman–Crippen LogP) is 3.35. The molecular formula is C19H25N5O. The molecule has 2 N–H and O–H groups in total. The zero-order valence-electron chi connectivity index (χ0n) is 14.8. The lowest BCUT2D eigenvalue weighted by atomic mass is 9.95. The molecular weight excluding hydrogens is 314 g/mol. The summed E-state index contributed by atoms with van der Waals surface area (Å²) in [6.07, 6.45) is 8.92. The third-order valence-electron chi connectivity index (χ3n) is 4.49. The second-order valence-electron chi connectivity index (χ2n) is 6.67. The average molecular weight is 339 g/mol. The van der Waals surface area contributed by atoms with Crippen LogP contribution in [0.25, 0.3) is 0 Å². The van der Waals surface area contributed by atoms with Crippen molar-refractivity contribution in [1.29, 1.82) is 0 Å². The van der Waals surface area contributed by atoms with E-state index in [1.54, 1.807) is 12.4 Å². The van der Waals surface area contributed by atoms with Crippen LogP contribution in [0.1, 0.15) is 42.5 Å². The van der Waals surface area contributed by atoms with E-state index in [1.165, 1.54) is 19.3 Å². The standard InChI is InChI=1S/C19H25N5O/c1-24(2)17-10-8-16(9-11-17)23-19-20-12-14(13-21-19)18(25)22-15-6-4-3-5-7-15/h8-13,15H,3-7H2,1-2H3,(H,22,25)(H,20,21,23). The van der Waals surface area contributed by atoms with Gasteiger partial charge in [0.05, 0.1) is 5.56 Å². The number of aromatic nitrogens is 2. The van der Waals surface area contributed by atoms with Crippen molar-refractivity contribution in [2.75, 3.05) is 24.3 Å². The minimum atomic E-state index is -0.0891. The van der Waals surface area contributed by atoms with Crippen LogP contribution in [0.4, 0.5) is 17.3 Å². The van der Waals surface area contributed by atoms with Gasteiger partial charge in [0, 0.05) is 43.9 Å². The highest BCUT2D eigenvalue weighted by atomic mass is 16.1. The van der Waals surface area contributed by atoms with E-state index >= 15 is 0 Å². The van der Waals surface area contributed by atoms with E-state index in [1.807, 2.05) is 43.3 Å². The fraction of sp³-hybridized carbons (Fsp3) is 0.421. The number of nitrogens with zero attached hydrogens (tertiary/aromatic N) is 3. The summed E-state index contributed by atoms with van der Waals surface area (Å²) < 4.78 is 0. The maximum Gasteiger partial charge on any atom is 0.254 e. The van der Waals surface area contributed by atoms with Gasteiger partial charge in [0.2, 0.25) is 5.95 Å². The summed E-state index contributed by atoms with van der Waals surface area (Å²) in [5, 5.41) is 6.22. The van der Waals surface area contributed by atoms with Crippen LogP contribution in [0.3, 0.4) is 0 Å². The van der Waals surface area contributed by atoms with E-state index in [-0.39, 0.29) is 11.9 Å². The molecule has 0 bridgehead atoms. The monoisotopic (exact) mass is 339 g/mol. The first kappa shape index (κ1) is 17.2. The van der Waals surface area contributed by atoms with Gasteiger partial charge in [0.15, 0.2) is 0 Å². The molecule has 0 aliphatic heterocycles. The third-order valence-corrected chi connectivity index (χ3v) is 4.49. The van der Waals surface area contributed by atoms with Crippen molar-refractivity contribution in [2.45, 2.75) is 38.1 Å². The van der Waals surface area contributed by atoms with Gasteiger partial charge in [-0.05, 0) is 37.1 Å². The molecule has 0 saturated heterocycles. The first-order valence-corrected chi connectivity index (χ1v) is 8.79. The maximum absolute atomic E-state index is 12.3. The molecule has 0 radical (unpaired) electrons. The Morgan fingerprint density at radius 2 is 1.68 bits per heavy atom. The van der Waals surface area contributed by atoms with Crippen LogP contribution >= 0.6 is 0 Å². The summed E-state index contributed by atoms with van der Waals surface area (Å²) in [6.45, 7) is 0. The molecule has 1 aromatic carbocycles. The lowest BCUT2D eigenvalue weighted by Crippen LogP contribution is -2.36. The molecule has 0 spiro atoms. The summed E-state index contributed by atoms with van der Waals surface area (Å²) in [4.78, 5) is 22.8. The molecule has 1 saturated carbocycles. The van der Waals surface area contributed by atoms with E-state index in [4.69, 9.17) is 0 Å². The molecule has 0 atom stereocenters. The number of benzene rings is 1. The van der Waals surface area contributed by atoms with Gasteiger partial charge in [-0.2, -0.15) is 0 Å². The van der Waals surface area contributed by atoms with Crippen molar-refractivity contribution in [3.8, 4) is 0 Å². The van der Waals surface area contributed by atoms with Crippen LogP contribution in [0.15, 0.2) is 36.7 Å². The van der Waals surface area contributed by atoms with Crippen LogP contribution < -0.4 is 15.5 Å². The zero-order chi connectivity index (χ0) is 17.6. The molecule has 6 heteroatoms. The second kappa shape index (κ2) is 7.96. The van der Waals surface area contributed by atoms with Gasteiger partial charge in [-0.25, -0.2) is 9.97 Å². The highest BCUT2D eigenvalue weighted by Gasteiger charge is 2.17. The Morgan fingerprint density at radius 1 is 1.04 bits per heavy atom. The topological polar surface area (TPSA) is 70.2 Å². The van der Waals surface area contributed by atoms with E-state index in [2.05, 4.69) is 20.6 Å². The number of hydrogen-bond donors (Lipinski definition) is 2. The van der Waals surface area contributed by atoms with Crippen molar-refractivity contribution in [1.82, 2.24) is 15.3 Å². The molecule has 1 amide bonds. The molecule has 2 aromatic rings. The Morgan fingerprint density at radius 3 is 2.28 bits per heavy atom. The Bertz CT molecular complexity index is 691. The highest BCUT2D eigenvalue weighted by molar-refractivity contribution is 5.93. The summed E-state index contributed by atoms with van der Waals surface area (Å²) in [6, 6.07) is 8.28. The Kier molecular flexibility index (Phi) is 5.48. The number of rotatable bonds is 5. The van der Waals surface area contributed by atoms with E-state index < -0.39 is 0 Å². The predicted molar refractivity (Wildman–Crippen MR) is 100 cm³/mol. The smallest absolute Gasteiger partial charge is 0.254 e. The van der Waals surface area contributed by atoms with Crippen molar-refractivity contribution in [2.24, 2.45) is 0 Å². The highest BCUT2D eigenvalue weighted by Crippen LogP contribution is 2.19. The van der Waals surface area contributed by atoms with E-state index in [0.717, 1.165) is 24.2 Å². The fourth-order valence-electron chi connectivity index (χ4n) is 3.00. The third kappa shape index (κ3) is 4.68. The van der Waals surface area contributed by atoms with Gasteiger partial charge in [-0.1, -0.05) is 19.3 Å². The van der Waals surface area contributed by atoms with Gasteiger partial charge in [0.1, 0.15) is 0 Å². The molecule has 1 aliphatic rings. The van der Waals surface area contributed by atoms with E-state index in [9.17, 15) is 4.79 Å². The number of amides is 1. The minimum absolute atomic E-state index is 0.0891. The van der Waals surface area contributed by atoms with E-state index in [0.29, 0.717) is 11.5 Å². The first-order chi connectivity index (χ1) is 12.1. The Labute approximate surface area is 148 Å². The Hall–Kier alpha value is -2.63. The molecule has 25 heavy (non-hydrogen) atoms. The average Bonchev–Trinajstić information content (AvgIpc) is 2.63. The summed E-state index contributed by atoms with van der Waals surface area (Å²) in [5.74, 6) is 0.389. The second-order valence-corrected chi connectivity index (χ2v) is 6.67. The molecule has 1 aliphatic carbocycles. The molecule has 0 unspecified atom stereocenters. The summed E-state index contributed by atoms with van der Waals surface area (Å²) in [7, 11) is 4.01. The maximum atomic E-state index is 12.3. The molecule has 6 nitrogen and oxygen atoms in total. The van der Waals surface area contributed by atoms with Gasteiger partial charge in [-0.3, -0.25) is 4.79 Å². The van der Waals surface area contributed by atoms with Crippen molar-refractivity contribution in [3.05, 3.63) is 42.2 Å². The summed E-state index contributed by atoms with van der Waals surface area (Å²) >= 11 is 0. The zero-order valence-corrected chi connectivity index (χ0v) is 14.8. The quantitative estimate of drug-likeness (QED) is 0.874. The number of carbonyl (C=O) groups excluding carboxylic acids is 1.